The quantitative estimate of drug-likeness (QED) is 0.393. The molecule has 2 aliphatic heterocycles. The number of nitrogens with zero attached hydrogens (tertiary/aromatic N) is 2. The van der Waals surface area contributed by atoms with E-state index >= 15 is 0 Å². The van der Waals surface area contributed by atoms with Crippen molar-refractivity contribution < 1.29 is 19.4 Å². The van der Waals surface area contributed by atoms with Crippen molar-refractivity contribution in [1.29, 1.82) is 5.26 Å². The fraction of sp³-hybridized carbons (Fsp3) is 0.591. The van der Waals surface area contributed by atoms with Gasteiger partial charge >= 0.3 is 5.97 Å². The van der Waals surface area contributed by atoms with Gasteiger partial charge in [0.25, 0.3) is 0 Å². The van der Waals surface area contributed by atoms with Crippen molar-refractivity contribution in [2.24, 2.45) is 17.8 Å². The Morgan fingerprint density at radius 2 is 2.20 bits per heavy atom. The minimum Gasteiger partial charge on any atom is -0.469 e. The van der Waals surface area contributed by atoms with Crippen LogP contribution >= 0.6 is 15.9 Å². The van der Waals surface area contributed by atoms with Crippen LogP contribution in [0.2, 0.25) is 0 Å². The van der Waals surface area contributed by atoms with Crippen molar-refractivity contribution in [3.05, 3.63) is 29.8 Å². The van der Waals surface area contributed by atoms with E-state index < -0.39 is 29.4 Å². The van der Waals surface area contributed by atoms with Crippen molar-refractivity contribution in [2.75, 3.05) is 24.3 Å². The summed E-state index contributed by atoms with van der Waals surface area (Å²) in [6.07, 6.45) is 3.84. The van der Waals surface area contributed by atoms with Crippen LogP contribution in [0.3, 0.4) is 0 Å². The predicted molar refractivity (Wildman–Crippen MR) is 114 cm³/mol. The van der Waals surface area contributed by atoms with Crippen molar-refractivity contribution in [2.45, 2.75) is 43.2 Å². The number of para-hydroxylation sites is 1. The standard InChI is InChI=1S/C22H26BrN3O4/c1-30-20(28)19-14-10-18(26(12-24)11-13(14)6-7-17(19)27)22(8-9-23)15-4-2-3-5-16(15)25-21(22)29/h2-5,13-14,17-19,27H,6-11H2,1H3,(H,25,29)/t13-,14-,17-,18-,19+,22+/m0/s1. The predicted octanol–water partition coefficient (Wildman–Crippen LogP) is 2.39. The van der Waals surface area contributed by atoms with E-state index in [0.29, 0.717) is 31.1 Å². The average molecular weight is 476 g/mol. The number of hydrogen-bond acceptors (Lipinski definition) is 6. The maximum Gasteiger partial charge on any atom is 0.311 e. The minimum absolute atomic E-state index is 0.106. The first-order chi connectivity index (χ1) is 14.5. The van der Waals surface area contributed by atoms with E-state index in [0.717, 1.165) is 17.7 Å². The first-order valence-electron chi connectivity index (χ1n) is 10.4. The molecule has 0 unspecified atom stereocenters. The van der Waals surface area contributed by atoms with Gasteiger partial charge in [-0.15, -0.1) is 0 Å². The molecule has 1 aromatic carbocycles. The highest BCUT2D eigenvalue weighted by atomic mass is 79.9. The number of methoxy groups -OCH3 is 1. The number of halogens is 1. The molecule has 0 bridgehead atoms. The monoisotopic (exact) mass is 475 g/mol. The van der Waals surface area contributed by atoms with E-state index in [1.165, 1.54) is 7.11 Å². The van der Waals surface area contributed by atoms with E-state index in [1.54, 1.807) is 4.90 Å². The molecule has 1 amide bonds. The molecule has 1 aliphatic carbocycles. The highest BCUT2D eigenvalue weighted by molar-refractivity contribution is 9.09. The van der Waals surface area contributed by atoms with E-state index in [4.69, 9.17) is 4.74 Å². The molecule has 7 nitrogen and oxygen atoms in total. The highest BCUT2D eigenvalue weighted by Gasteiger charge is 2.58. The van der Waals surface area contributed by atoms with Crippen molar-refractivity contribution in [3.8, 4) is 6.19 Å². The fourth-order valence-electron chi connectivity index (χ4n) is 5.97. The molecule has 4 rings (SSSR count). The Morgan fingerprint density at radius 3 is 2.90 bits per heavy atom. The fourth-order valence-corrected chi connectivity index (χ4v) is 6.59. The SMILES string of the molecule is COC(=O)[C@@H]1[C@H]2C[C@@H]([C@]3(CCBr)C(=O)Nc4ccccc43)N(C#N)C[C@@H]2CC[C@@H]1O. The highest BCUT2D eigenvalue weighted by Crippen LogP contribution is 2.51. The Morgan fingerprint density at radius 1 is 1.43 bits per heavy atom. The zero-order valence-electron chi connectivity index (χ0n) is 16.9. The molecule has 2 fully saturated rings. The van der Waals surface area contributed by atoms with E-state index in [1.807, 2.05) is 24.3 Å². The number of carbonyl (C=O) groups is 2. The number of hydrogen-bond donors (Lipinski definition) is 2. The van der Waals surface area contributed by atoms with Gasteiger partial charge in [-0.1, -0.05) is 34.1 Å². The van der Waals surface area contributed by atoms with Gasteiger partial charge < -0.3 is 20.1 Å². The number of nitrogens with one attached hydrogen (secondary N) is 1. The maximum absolute atomic E-state index is 13.4. The van der Waals surface area contributed by atoms with Crippen LogP contribution in [0.15, 0.2) is 24.3 Å². The van der Waals surface area contributed by atoms with Gasteiger partial charge in [-0.2, -0.15) is 5.26 Å². The summed E-state index contributed by atoms with van der Waals surface area (Å²) < 4.78 is 5.01. The number of amides is 1. The zero-order chi connectivity index (χ0) is 21.5. The smallest absolute Gasteiger partial charge is 0.311 e. The lowest BCUT2D eigenvalue weighted by molar-refractivity contribution is -0.160. The molecule has 1 aromatic rings. The minimum atomic E-state index is -0.899. The zero-order valence-corrected chi connectivity index (χ0v) is 18.5. The summed E-state index contributed by atoms with van der Waals surface area (Å²) in [4.78, 5) is 27.7. The summed E-state index contributed by atoms with van der Waals surface area (Å²) in [6.45, 7) is 0.478. The molecule has 0 spiro atoms. The number of anilines is 1. The largest absolute Gasteiger partial charge is 0.469 e. The average Bonchev–Trinajstić information content (AvgIpc) is 3.04. The first kappa shape index (κ1) is 21.1. The van der Waals surface area contributed by atoms with E-state index in [9.17, 15) is 20.0 Å². The molecule has 8 heteroatoms. The number of carbonyl (C=O) groups excluding carboxylic acids is 2. The van der Waals surface area contributed by atoms with Gasteiger partial charge in [-0.25, -0.2) is 0 Å². The topological polar surface area (TPSA) is 103 Å². The van der Waals surface area contributed by atoms with Crippen LogP contribution in [0.4, 0.5) is 5.69 Å². The molecule has 30 heavy (non-hydrogen) atoms. The molecule has 6 atom stereocenters. The Labute approximate surface area is 184 Å². The molecular weight excluding hydrogens is 450 g/mol. The Hall–Kier alpha value is -2.11. The Bertz CT molecular complexity index is 887. The summed E-state index contributed by atoms with van der Waals surface area (Å²) >= 11 is 3.51. The number of rotatable bonds is 4. The van der Waals surface area contributed by atoms with Crippen LogP contribution < -0.4 is 5.32 Å². The number of nitriles is 1. The molecule has 0 aromatic heterocycles. The molecule has 1 saturated carbocycles. The number of likely N-dealkylation sites (tertiary alicyclic amines) is 1. The molecule has 3 aliphatic rings. The number of alkyl halides is 1. The van der Waals surface area contributed by atoms with Gasteiger partial charge in [0.1, 0.15) is 0 Å². The summed E-state index contributed by atoms with van der Waals surface area (Å²) in [5.74, 6) is -1.18. The first-order valence-corrected chi connectivity index (χ1v) is 11.5. The summed E-state index contributed by atoms with van der Waals surface area (Å²) in [6, 6.07) is 7.22. The van der Waals surface area contributed by atoms with Crippen LogP contribution in [0, 0.1) is 29.2 Å². The van der Waals surface area contributed by atoms with E-state index in [2.05, 4.69) is 27.4 Å². The molecular formula is C22H26BrN3O4. The number of aliphatic hydroxyl groups excluding tert-OH is 1. The van der Waals surface area contributed by atoms with Gasteiger partial charge in [0, 0.05) is 17.6 Å². The third-order valence-electron chi connectivity index (χ3n) is 7.34. The van der Waals surface area contributed by atoms with Crippen molar-refractivity contribution in [1.82, 2.24) is 4.90 Å². The van der Waals surface area contributed by atoms with Gasteiger partial charge in [0.15, 0.2) is 6.19 Å². The van der Waals surface area contributed by atoms with Crippen molar-refractivity contribution in [3.63, 3.8) is 0 Å². The number of ether oxygens (including phenoxy) is 1. The molecule has 1 saturated heterocycles. The van der Waals surface area contributed by atoms with Crippen LogP contribution in [0.1, 0.15) is 31.2 Å². The van der Waals surface area contributed by atoms with Gasteiger partial charge in [-0.05, 0) is 49.1 Å². The summed E-state index contributed by atoms with van der Waals surface area (Å²) in [7, 11) is 1.34. The summed E-state index contributed by atoms with van der Waals surface area (Å²) in [5.41, 5.74) is 0.768. The second kappa shape index (κ2) is 8.20. The second-order valence-electron chi connectivity index (χ2n) is 8.53. The lowest BCUT2D eigenvalue weighted by Crippen LogP contribution is -2.61. The number of benzene rings is 1. The number of fused-ring (bicyclic) bond motifs is 2. The maximum atomic E-state index is 13.4. The Balaban J connectivity index is 1.79. The number of esters is 1. The van der Waals surface area contributed by atoms with Gasteiger partial charge in [0.05, 0.1) is 30.6 Å². The number of piperidine rings is 1. The molecule has 0 radical (unpaired) electrons. The van der Waals surface area contributed by atoms with Gasteiger partial charge in [0.2, 0.25) is 5.91 Å². The molecule has 2 N–H and O–H groups in total. The molecule has 160 valence electrons. The van der Waals surface area contributed by atoms with Crippen LogP contribution in [-0.2, 0) is 19.7 Å². The van der Waals surface area contributed by atoms with Crippen molar-refractivity contribution >= 4 is 33.5 Å². The van der Waals surface area contributed by atoms with Crippen LogP contribution in [-0.4, -0.2) is 53.0 Å². The third-order valence-corrected chi connectivity index (χ3v) is 7.73. The summed E-state index contributed by atoms with van der Waals surface area (Å²) in [5, 5.41) is 24.2. The van der Waals surface area contributed by atoms with Crippen LogP contribution in [0.5, 0.6) is 0 Å². The number of aliphatic hydroxyl groups is 1. The molecule has 2 heterocycles. The lowest BCUT2D eigenvalue weighted by Gasteiger charge is -2.52. The second-order valence-corrected chi connectivity index (χ2v) is 9.32. The normalized spacial score (nSPS) is 35.1. The van der Waals surface area contributed by atoms with Crippen LogP contribution in [0.25, 0.3) is 0 Å². The van der Waals surface area contributed by atoms with E-state index in [-0.39, 0.29) is 17.7 Å². The lowest BCUT2D eigenvalue weighted by atomic mass is 9.60. The Kier molecular flexibility index (Phi) is 5.78. The van der Waals surface area contributed by atoms with Gasteiger partial charge in [-0.3, -0.25) is 9.59 Å². The third kappa shape index (κ3) is 3.10.